The van der Waals surface area contributed by atoms with Gasteiger partial charge < -0.3 is 15.1 Å². The fourth-order valence-electron chi connectivity index (χ4n) is 5.44. The lowest BCUT2D eigenvalue weighted by Gasteiger charge is -2.33. The van der Waals surface area contributed by atoms with Crippen LogP contribution in [0.4, 0.5) is 5.82 Å². The van der Waals surface area contributed by atoms with Crippen molar-refractivity contribution in [1.29, 1.82) is 0 Å². The third-order valence-electron chi connectivity index (χ3n) is 7.60. The zero-order valence-electron chi connectivity index (χ0n) is 22.4. The maximum absolute atomic E-state index is 11.5. The number of allylic oxidation sites excluding steroid dienone is 2. The summed E-state index contributed by atoms with van der Waals surface area (Å²) in [6.07, 6.45) is 5.51. The van der Waals surface area contributed by atoms with Gasteiger partial charge in [-0.2, -0.15) is 0 Å². The Morgan fingerprint density at radius 3 is 2.05 bits per heavy atom. The molecule has 38 heavy (non-hydrogen) atoms. The molecule has 2 aromatic carbocycles. The smallest absolute Gasteiger partial charge is 0.151 e. The lowest BCUT2D eigenvalue weighted by Crippen LogP contribution is -2.40. The Labute approximate surface area is 225 Å². The van der Waals surface area contributed by atoms with E-state index in [9.17, 15) is 15.0 Å². The quantitative estimate of drug-likeness (QED) is 0.329. The van der Waals surface area contributed by atoms with E-state index in [0.29, 0.717) is 25.1 Å². The Morgan fingerprint density at radius 2 is 1.45 bits per heavy atom. The molecule has 0 saturated heterocycles. The van der Waals surface area contributed by atoms with Gasteiger partial charge in [0.05, 0.1) is 35.4 Å². The molecular formula is C32H37N3O3. The zero-order valence-corrected chi connectivity index (χ0v) is 22.4. The minimum atomic E-state index is -0.470. The SMILES string of the molecule is Cc1ccc(-c2nc3c(nc2-c2ccc(C)cc2)N(CCCCCCC2=C(O)CC(=O)C2)CC(O)C3)cc1. The average molecular weight is 512 g/mol. The average Bonchev–Trinajstić information content (AvgIpc) is 3.22. The highest BCUT2D eigenvalue weighted by Crippen LogP contribution is 2.35. The van der Waals surface area contributed by atoms with Gasteiger partial charge in [-0.05, 0) is 38.7 Å². The Morgan fingerprint density at radius 1 is 0.842 bits per heavy atom. The number of carbonyl (C=O) groups excluding carboxylic acids is 1. The molecule has 2 N–H and O–H groups in total. The lowest BCUT2D eigenvalue weighted by atomic mass is 10.00. The van der Waals surface area contributed by atoms with E-state index in [1.165, 1.54) is 11.1 Å². The van der Waals surface area contributed by atoms with E-state index in [2.05, 4.69) is 67.3 Å². The van der Waals surface area contributed by atoms with Gasteiger partial charge in [-0.15, -0.1) is 0 Å². The number of aliphatic hydroxyl groups is 2. The number of Topliss-reactive ketones (excluding diaryl/α,β-unsaturated/α-hetero) is 1. The molecule has 1 aliphatic carbocycles. The van der Waals surface area contributed by atoms with E-state index in [-0.39, 0.29) is 12.2 Å². The summed E-state index contributed by atoms with van der Waals surface area (Å²) in [5.41, 5.74) is 7.96. The van der Waals surface area contributed by atoms with Crippen LogP contribution < -0.4 is 4.90 Å². The molecule has 1 atom stereocenters. The second-order valence-electron chi connectivity index (χ2n) is 10.8. The van der Waals surface area contributed by atoms with Gasteiger partial charge in [-0.25, -0.2) is 9.97 Å². The molecule has 3 aromatic rings. The first kappa shape index (κ1) is 26.1. The second kappa shape index (κ2) is 11.5. The number of carbonyl (C=O) groups is 1. The first-order valence-electron chi connectivity index (χ1n) is 13.8. The molecule has 0 saturated carbocycles. The number of unbranched alkanes of at least 4 members (excludes halogenated alkanes) is 3. The van der Waals surface area contributed by atoms with Crippen LogP contribution in [-0.2, 0) is 11.2 Å². The Kier molecular flexibility index (Phi) is 7.89. The van der Waals surface area contributed by atoms with Crippen LogP contribution in [0.5, 0.6) is 0 Å². The molecule has 1 unspecified atom stereocenters. The molecule has 198 valence electrons. The molecule has 0 spiro atoms. The topological polar surface area (TPSA) is 86.5 Å². The summed E-state index contributed by atoms with van der Waals surface area (Å²) < 4.78 is 0. The molecule has 0 amide bonds. The van der Waals surface area contributed by atoms with Gasteiger partial charge in [0.25, 0.3) is 0 Å². The molecule has 5 rings (SSSR count). The van der Waals surface area contributed by atoms with E-state index in [1.54, 1.807) is 0 Å². The molecule has 1 aromatic heterocycles. The summed E-state index contributed by atoms with van der Waals surface area (Å²) in [4.78, 5) is 24.0. The zero-order chi connectivity index (χ0) is 26.6. The highest BCUT2D eigenvalue weighted by Gasteiger charge is 2.28. The van der Waals surface area contributed by atoms with Crippen LogP contribution in [0.15, 0.2) is 59.9 Å². The number of hydrogen-bond acceptors (Lipinski definition) is 6. The molecule has 2 heterocycles. The molecule has 6 heteroatoms. The summed E-state index contributed by atoms with van der Waals surface area (Å²) in [5, 5.41) is 20.6. The first-order valence-corrected chi connectivity index (χ1v) is 13.8. The highest BCUT2D eigenvalue weighted by molar-refractivity contribution is 5.86. The monoisotopic (exact) mass is 511 g/mol. The van der Waals surface area contributed by atoms with Gasteiger partial charge in [-0.3, -0.25) is 4.79 Å². The van der Waals surface area contributed by atoms with Crippen LogP contribution in [0.1, 0.15) is 61.8 Å². The number of anilines is 1. The van der Waals surface area contributed by atoms with Crippen molar-refractivity contribution in [1.82, 2.24) is 9.97 Å². The van der Waals surface area contributed by atoms with Crippen molar-refractivity contribution in [3.63, 3.8) is 0 Å². The van der Waals surface area contributed by atoms with Crippen molar-refractivity contribution in [2.75, 3.05) is 18.0 Å². The molecule has 2 aliphatic rings. The third kappa shape index (κ3) is 5.97. The summed E-state index contributed by atoms with van der Waals surface area (Å²) in [7, 11) is 0. The van der Waals surface area contributed by atoms with Crippen molar-refractivity contribution < 1.29 is 15.0 Å². The summed E-state index contributed by atoms with van der Waals surface area (Å²) in [5.74, 6) is 1.29. The number of benzene rings is 2. The molecule has 0 radical (unpaired) electrons. The van der Waals surface area contributed by atoms with Crippen LogP contribution in [0.3, 0.4) is 0 Å². The van der Waals surface area contributed by atoms with Crippen LogP contribution in [-0.4, -0.2) is 45.2 Å². The van der Waals surface area contributed by atoms with Crippen molar-refractivity contribution in [2.45, 2.75) is 71.3 Å². The number of aromatic nitrogens is 2. The highest BCUT2D eigenvalue weighted by atomic mass is 16.3. The largest absolute Gasteiger partial charge is 0.512 e. The fourth-order valence-corrected chi connectivity index (χ4v) is 5.44. The predicted octanol–water partition coefficient (Wildman–Crippen LogP) is 6.28. The van der Waals surface area contributed by atoms with Gasteiger partial charge in [-0.1, -0.05) is 72.5 Å². The fraction of sp³-hybridized carbons (Fsp3) is 0.406. The molecule has 1 aliphatic heterocycles. The number of aryl methyl sites for hydroxylation is 2. The van der Waals surface area contributed by atoms with Crippen LogP contribution in [0, 0.1) is 13.8 Å². The van der Waals surface area contributed by atoms with Crippen molar-refractivity contribution in [3.8, 4) is 22.5 Å². The number of aliphatic hydroxyl groups excluding tert-OH is 2. The van der Waals surface area contributed by atoms with Crippen molar-refractivity contribution >= 4 is 11.6 Å². The first-order chi connectivity index (χ1) is 18.4. The number of rotatable bonds is 9. The molecule has 0 bridgehead atoms. The Hall–Kier alpha value is -3.51. The van der Waals surface area contributed by atoms with Gasteiger partial charge >= 0.3 is 0 Å². The third-order valence-corrected chi connectivity index (χ3v) is 7.60. The number of nitrogens with zero attached hydrogens (tertiary/aromatic N) is 3. The van der Waals surface area contributed by atoms with Crippen LogP contribution in [0.25, 0.3) is 22.5 Å². The van der Waals surface area contributed by atoms with Crippen LogP contribution in [0.2, 0.25) is 0 Å². The van der Waals surface area contributed by atoms with Crippen LogP contribution >= 0.6 is 0 Å². The maximum atomic E-state index is 11.5. The van der Waals surface area contributed by atoms with E-state index in [4.69, 9.17) is 9.97 Å². The van der Waals surface area contributed by atoms with Crippen molar-refractivity contribution in [2.24, 2.45) is 0 Å². The van der Waals surface area contributed by atoms with E-state index in [1.807, 2.05) is 0 Å². The summed E-state index contributed by atoms with van der Waals surface area (Å²) in [6.45, 7) is 5.53. The van der Waals surface area contributed by atoms with Crippen molar-refractivity contribution in [3.05, 3.63) is 76.7 Å². The number of ketones is 1. The second-order valence-corrected chi connectivity index (χ2v) is 10.8. The predicted molar refractivity (Wildman–Crippen MR) is 151 cm³/mol. The standard InChI is InChI=1S/C32H37N3O3/c1-21-8-12-23(13-9-21)30-31(24-14-10-22(2)11-15-24)34-32-28(33-30)18-27(37)20-35(32)16-6-4-3-5-7-25-17-26(36)19-29(25)38/h8-15,27,37-38H,3-7,16-20H2,1-2H3. The molecular weight excluding hydrogens is 474 g/mol. The number of fused-ring (bicyclic) bond motifs is 1. The lowest BCUT2D eigenvalue weighted by molar-refractivity contribution is -0.117. The normalized spacial score (nSPS) is 17.3. The van der Waals surface area contributed by atoms with E-state index >= 15 is 0 Å². The number of hydrogen-bond donors (Lipinski definition) is 2. The molecule has 0 fully saturated rings. The van der Waals surface area contributed by atoms with Gasteiger partial charge in [0.1, 0.15) is 5.78 Å². The molecule has 6 nitrogen and oxygen atoms in total. The number of β-amino-alcohol motifs (C(OH)–C–C–N with tert-alkyl or cyclic N) is 1. The minimum Gasteiger partial charge on any atom is -0.512 e. The summed E-state index contributed by atoms with van der Waals surface area (Å²) >= 11 is 0. The summed E-state index contributed by atoms with van der Waals surface area (Å²) in [6, 6.07) is 16.8. The Balaban J connectivity index is 1.33. The Bertz CT molecular complexity index is 1330. The van der Waals surface area contributed by atoms with E-state index in [0.717, 1.165) is 78.2 Å². The maximum Gasteiger partial charge on any atom is 0.151 e. The minimum absolute atomic E-state index is 0.122. The van der Waals surface area contributed by atoms with E-state index < -0.39 is 6.10 Å². The van der Waals surface area contributed by atoms with Gasteiger partial charge in [0.15, 0.2) is 5.82 Å². The van der Waals surface area contributed by atoms with Gasteiger partial charge in [0.2, 0.25) is 0 Å². The van der Waals surface area contributed by atoms with Gasteiger partial charge in [0, 0.05) is 37.1 Å².